The van der Waals surface area contributed by atoms with Crippen molar-refractivity contribution in [1.82, 2.24) is 19.9 Å². The first-order valence-electron chi connectivity index (χ1n) is 17.3. The number of aromatic nitrogens is 3. The number of aliphatic hydroxyl groups is 1. The van der Waals surface area contributed by atoms with Crippen molar-refractivity contribution in [2.45, 2.75) is 59.5 Å². The zero-order chi connectivity index (χ0) is 34.8. The molecule has 4 N–H and O–H groups in total. The van der Waals surface area contributed by atoms with Crippen LogP contribution in [0.3, 0.4) is 0 Å². The fraction of sp³-hybridized carbons (Fsp3) is 0.368. The van der Waals surface area contributed by atoms with Crippen molar-refractivity contribution in [2.75, 3.05) is 48.7 Å². The number of nitrogens with zero attached hydrogens (tertiary/aromatic N) is 4. The highest BCUT2D eigenvalue weighted by molar-refractivity contribution is 7.21. The Morgan fingerprint density at radius 3 is 2.27 bits per heavy atom. The molecule has 0 atom stereocenters. The summed E-state index contributed by atoms with van der Waals surface area (Å²) in [7, 11) is 0. The first-order valence-corrected chi connectivity index (χ1v) is 18.1. The molecule has 0 saturated carbocycles. The number of hydrogen-bond acceptors (Lipinski definition) is 9. The number of amides is 2. The molecule has 0 spiro atoms. The Morgan fingerprint density at radius 1 is 0.898 bits per heavy atom. The number of thiazole rings is 1. The lowest BCUT2D eigenvalue weighted by Crippen LogP contribution is -2.36. The van der Waals surface area contributed by atoms with Gasteiger partial charge in [0.25, 0.3) is 0 Å². The van der Waals surface area contributed by atoms with Gasteiger partial charge in [-0.25, -0.2) is 19.7 Å². The maximum atomic E-state index is 12.2. The second-order valence-corrected chi connectivity index (χ2v) is 12.0. The summed E-state index contributed by atoms with van der Waals surface area (Å²) in [6.07, 6.45) is 4.90. The van der Waals surface area contributed by atoms with Gasteiger partial charge in [0.15, 0.2) is 5.82 Å². The van der Waals surface area contributed by atoms with Crippen LogP contribution in [0.4, 0.5) is 22.0 Å². The molecule has 2 aromatic heterocycles. The molecule has 11 heteroatoms. The summed E-state index contributed by atoms with van der Waals surface area (Å²) in [6.45, 7) is 12.3. The van der Waals surface area contributed by atoms with Crippen molar-refractivity contribution in [3.63, 3.8) is 0 Å². The molecule has 5 aromatic rings. The van der Waals surface area contributed by atoms with Crippen molar-refractivity contribution >= 4 is 44.9 Å². The number of likely N-dealkylation sites (tertiary alicyclic amines) is 1. The van der Waals surface area contributed by atoms with Gasteiger partial charge in [-0.3, -0.25) is 0 Å². The van der Waals surface area contributed by atoms with E-state index in [4.69, 9.17) is 9.72 Å². The zero-order valence-corrected chi connectivity index (χ0v) is 29.8. The number of carbonyl (C=O) groups excluding carboxylic acids is 1. The van der Waals surface area contributed by atoms with Crippen LogP contribution in [0.2, 0.25) is 0 Å². The number of ether oxygens (including phenoxy) is 1. The molecule has 49 heavy (non-hydrogen) atoms. The molecular formula is C38H49N7O3S. The van der Waals surface area contributed by atoms with Crippen molar-refractivity contribution in [2.24, 2.45) is 0 Å². The molecule has 1 fully saturated rings. The summed E-state index contributed by atoms with van der Waals surface area (Å²) in [5, 5.41) is 19.6. The Bertz CT molecular complexity index is 1670. The smallest absolute Gasteiger partial charge is 0.323 e. The third-order valence-electron chi connectivity index (χ3n) is 7.69. The minimum absolute atomic E-state index is 0.136. The van der Waals surface area contributed by atoms with Gasteiger partial charge in [-0.1, -0.05) is 69.4 Å². The third-order valence-corrected chi connectivity index (χ3v) is 8.70. The van der Waals surface area contributed by atoms with Crippen molar-refractivity contribution < 1.29 is 14.6 Å². The van der Waals surface area contributed by atoms with Gasteiger partial charge in [-0.2, -0.15) is 0 Å². The number of carbonyl (C=O) groups is 1. The van der Waals surface area contributed by atoms with Gasteiger partial charge in [0.1, 0.15) is 27.4 Å². The molecule has 0 bridgehead atoms. The third kappa shape index (κ3) is 11.5. The van der Waals surface area contributed by atoms with E-state index in [9.17, 15) is 9.90 Å². The Morgan fingerprint density at radius 2 is 1.57 bits per heavy atom. The van der Waals surface area contributed by atoms with Crippen molar-refractivity contribution in [1.29, 1.82) is 0 Å². The van der Waals surface area contributed by atoms with Crippen LogP contribution >= 0.6 is 11.3 Å². The lowest BCUT2D eigenvalue weighted by atomic mass is 10.1. The second kappa shape index (κ2) is 20.1. The Labute approximate surface area is 294 Å². The molecular weight excluding hydrogens is 635 g/mol. The lowest BCUT2D eigenvalue weighted by Gasteiger charge is -2.29. The topological polar surface area (TPSA) is 125 Å². The van der Waals surface area contributed by atoms with Crippen LogP contribution in [-0.2, 0) is 6.42 Å². The number of urea groups is 1. The van der Waals surface area contributed by atoms with Gasteiger partial charge in [-0.15, -0.1) is 0 Å². The van der Waals surface area contributed by atoms with Crippen LogP contribution < -0.4 is 20.7 Å². The van der Waals surface area contributed by atoms with E-state index >= 15 is 0 Å². The summed E-state index contributed by atoms with van der Waals surface area (Å²) >= 11 is 1.54. The van der Waals surface area contributed by atoms with Crippen LogP contribution in [0, 0.1) is 0 Å². The highest BCUT2D eigenvalue weighted by atomic mass is 32.1. The standard InChI is InChI=1S/C34H37N7O3S.2C2H6/c42-28-16-20-41(21-17-28)19-4-22-44-29-13-9-25(10-14-29)32-40-30-31(36-23-37-33(30)45-32)35-18-15-24-7-11-27(12-8-24)39-34(43)38-26-5-2-1-3-6-26;2*1-2/h1-3,5-14,23,28,42H,4,15-22H2,(H,35,36,37)(H2,38,39,43);2*1-2H3. The van der Waals surface area contributed by atoms with Crippen LogP contribution in [0.15, 0.2) is 85.2 Å². The molecule has 2 amide bonds. The summed E-state index contributed by atoms with van der Waals surface area (Å²) in [5.41, 5.74) is 4.36. The summed E-state index contributed by atoms with van der Waals surface area (Å²) in [4.78, 5) is 29.2. The monoisotopic (exact) mass is 683 g/mol. The van der Waals surface area contributed by atoms with Gasteiger partial charge in [-0.05, 0) is 79.8 Å². The maximum Gasteiger partial charge on any atom is 0.323 e. The zero-order valence-electron chi connectivity index (χ0n) is 29.0. The van der Waals surface area contributed by atoms with Gasteiger partial charge < -0.3 is 30.7 Å². The van der Waals surface area contributed by atoms with E-state index in [2.05, 4.69) is 30.8 Å². The average Bonchev–Trinajstić information content (AvgIpc) is 3.59. The number of nitrogens with one attached hydrogen (secondary N) is 3. The van der Waals surface area contributed by atoms with Crippen LogP contribution in [0.1, 0.15) is 52.5 Å². The highest BCUT2D eigenvalue weighted by Gasteiger charge is 2.16. The molecule has 1 aliphatic rings. The van der Waals surface area contributed by atoms with Crippen molar-refractivity contribution in [3.8, 4) is 16.3 Å². The predicted molar refractivity (Wildman–Crippen MR) is 203 cm³/mol. The quantitative estimate of drug-likeness (QED) is 0.0968. The Hall–Kier alpha value is -4.58. The first-order chi connectivity index (χ1) is 24.1. The maximum absolute atomic E-state index is 12.2. The Balaban J connectivity index is 0.00000130. The second-order valence-electron chi connectivity index (χ2n) is 11.0. The predicted octanol–water partition coefficient (Wildman–Crippen LogP) is 8.33. The molecule has 3 heterocycles. The molecule has 0 unspecified atom stereocenters. The fourth-order valence-electron chi connectivity index (χ4n) is 5.22. The molecule has 1 aliphatic heterocycles. The number of piperidine rings is 1. The molecule has 0 aliphatic carbocycles. The van der Waals surface area contributed by atoms with Gasteiger partial charge in [0, 0.05) is 43.1 Å². The van der Waals surface area contributed by atoms with Gasteiger partial charge in [0.2, 0.25) is 0 Å². The first kappa shape index (κ1) is 37.2. The largest absolute Gasteiger partial charge is 0.494 e. The molecule has 10 nitrogen and oxygen atoms in total. The van der Waals surface area contributed by atoms with E-state index in [1.54, 1.807) is 6.33 Å². The van der Waals surface area contributed by atoms with E-state index in [-0.39, 0.29) is 12.1 Å². The van der Waals surface area contributed by atoms with Gasteiger partial charge in [0.05, 0.1) is 12.7 Å². The molecule has 3 aromatic carbocycles. The average molecular weight is 684 g/mol. The van der Waals surface area contributed by atoms with E-state index in [0.717, 1.165) is 88.9 Å². The number of aliphatic hydroxyl groups excluding tert-OH is 1. The van der Waals surface area contributed by atoms with E-state index < -0.39 is 0 Å². The highest BCUT2D eigenvalue weighted by Crippen LogP contribution is 2.32. The number of para-hydroxylation sites is 1. The molecule has 6 rings (SSSR count). The normalized spacial score (nSPS) is 13.0. The van der Waals surface area contributed by atoms with Crippen LogP contribution in [0.5, 0.6) is 5.75 Å². The van der Waals surface area contributed by atoms with Crippen LogP contribution in [0.25, 0.3) is 20.9 Å². The van der Waals surface area contributed by atoms with Crippen LogP contribution in [-0.4, -0.2) is 69.9 Å². The lowest BCUT2D eigenvalue weighted by molar-refractivity contribution is 0.0800. The number of fused-ring (bicyclic) bond motifs is 1. The summed E-state index contributed by atoms with van der Waals surface area (Å²) in [6, 6.07) is 24.9. The number of hydrogen-bond donors (Lipinski definition) is 4. The van der Waals surface area contributed by atoms with Gasteiger partial charge >= 0.3 is 6.03 Å². The minimum atomic E-state index is -0.280. The fourth-order valence-corrected chi connectivity index (χ4v) is 6.13. The van der Waals surface area contributed by atoms with E-state index in [1.165, 1.54) is 11.3 Å². The number of anilines is 3. The molecule has 1 saturated heterocycles. The number of rotatable bonds is 12. The molecule has 260 valence electrons. The minimum Gasteiger partial charge on any atom is -0.494 e. The number of benzene rings is 3. The van der Waals surface area contributed by atoms with E-state index in [0.29, 0.717) is 19.0 Å². The van der Waals surface area contributed by atoms with Crippen molar-refractivity contribution in [3.05, 3.63) is 90.8 Å². The van der Waals surface area contributed by atoms with E-state index in [1.807, 2.05) is 107 Å². The Kier molecular flexibility index (Phi) is 15.2. The SMILES string of the molecule is CC.CC.O=C(Nc1ccccc1)Nc1ccc(CCNc2ncnc3sc(-c4ccc(OCCCN5CCC(O)CC5)cc4)nc23)cc1. The summed E-state index contributed by atoms with van der Waals surface area (Å²) in [5.74, 6) is 1.55. The summed E-state index contributed by atoms with van der Waals surface area (Å²) < 4.78 is 5.97. The molecule has 0 radical (unpaired) electrons.